The average Bonchev–Trinajstić information content (AvgIpc) is 3.01. The van der Waals surface area contributed by atoms with Crippen LogP contribution in [0.3, 0.4) is 0 Å². The van der Waals surface area contributed by atoms with Crippen LogP contribution in [-0.4, -0.2) is 37.3 Å². The lowest BCUT2D eigenvalue weighted by molar-refractivity contribution is -0.134. The molecule has 2 aromatic rings. The second kappa shape index (κ2) is 5.47. The molecular weight excluding hydrogens is 294 g/mol. The second-order valence-electron chi connectivity index (χ2n) is 7.35. The van der Waals surface area contributed by atoms with Gasteiger partial charge in [0, 0.05) is 44.2 Å². The lowest BCUT2D eigenvalue weighted by Crippen LogP contribution is -2.38. The molecule has 0 bridgehead atoms. The molecule has 0 radical (unpaired) electrons. The van der Waals surface area contributed by atoms with Gasteiger partial charge in [-0.05, 0) is 12.3 Å². The third kappa shape index (κ3) is 3.13. The van der Waals surface area contributed by atoms with Crippen molar-refractivity contribution in [3.05, 3.63) is 17.1 Å². The predicted molar refractivity (Wildman–Crippen MR) is 84.4 cm³/mol. The van der Waals surface area contributed by atoms with Gasteiger partial charge in [0.2, 0.25) is 5.91 Å². The van der Waals surface area contributed by atoms with E-state index in [1.54, 1.807) is 6.92 Å². The van der Waals surface area contributed by atoms with Crippen LogP contribution in [0.25, 0.3) is 11.6 Å². The molecule has 0 unspecified atom stereocenters. The molecule has 124 valence electrons. The fraction of sp³-hybridized carbons (Fsp3) is 0.625. The van der Waals surface area contributed by atoms with Crippen molar-refractivity contribution in [2.45, 2.75) is 47.1 Å². The zero-order valence-electron chi connectivity index (χ0n) is 14.4. The van der Waals surface area contributed by atoms with E-state index in [4.69, 9.17) is 4.52 Å². The molecule has 0 aromatic carbocycles. The number of fused-ring (bicyclic) bond motifs is 1. The number of nitrogens with zero attached hydrogens (tertiary/aromatic N) is 5. The van der Waals surface area contributed by atoms with E-state index in [9.17, 15) is 4.79 Å². The molecule has 0 saturated heterocycles. The van der Waals surface area contributed by atoms with E-state index in [2.05, 4.69) is 36.0 Å². The van der Waals surface area contributed by atoms with Gasteiger partial charge in [0.25, 0.3) is 5.89 Å². The molecule has 1 aliphatic rings. The van der Waals surface area contributed by atoms with Crippen LogP contribution in [-0.2, 0) is 24.8 Å². The van der Waals surface area contributed by atoms with Gasteiger partial charge in [0.1, 0.15) is 0 Å². The van der Waals surface area contributed by atoms with Crippen molar-refractivity contribution in [3.63, 3.8) is 0 Å². The number of aryl methyl sites for hydroxylation is 2. The van der Waals surface area contributed by atoms with Gasteiger partial charge in [-0.2, -0.15) is 10.1 Å². The lowest BCUT2D eigenvalue weighted by atomic mass is 9.91. The molecule has 0 aliphatic carbocycles. The molecule has 1 amide bonds. The summed E-state index contributed by atoms with van der Waals surface area (Å²) in [5, 5.41) is 8.36. The Kier molecular flexibility index (Phi) is 3.74. The van der Waals surface area contributed by atoms with E-state index < -0.39 is 0 Å². The Balaban J connectivity index is 1.89. The van der Waals surface area contributed by atoms with Crippen molar-refractivity contribution >= 4 is 5.91 Å². The van der Waals surface area contributed by atoms with Crippen LogP contribution in [0.5, 0.6) is 0 Å². The summed E-state index contributed by atoms with van der Waals surface area (Å²) >= 11 is 0. The minimum Gasteiger partial charge on any atom is -0.338 e. The van der Waals surface area contributed by atoms with Gasteiger partial charge in [-0.25, -0.2) is 0 Å². The van der Waals surface area contributed by atoms with Crippen LogP contribution in [0.2, 0.25) is 0 Å². The summed E-state index contributed by atoms with van der Waals surface area (Å²) in [4.78, 5) is 18.7. The number of amides is 1. The van der Waals surface area contributed by atoms with Crippen molar-refractivity contribution in [2.24, 2.45) is 12.5 Å². The number of carbonyl (C=O) groups is 1. The van der Waals surface area contributed by atoms with E-state index in [-0.39, 0.29) is 11.3 Å². The Hall–Kier alpha value is -2.18. The molecular formula is C16H23N5O2. The maximum atomic E-state index is 12.5. The Morgan fingerprint density at radius 1 is 1.35 bits per heavy atom. The topological polar surface area (TPSA) is 77.0 Å². The highest BCUT2D eigenvalue weighted by atomic mass is 16.5. The minimum atomic E-state index is -0.0152. The molecule has 1 aliphatic heterocycles. The molecule has 0 N–H and O–H groups in total. The summed E-state index contributed by atoms with van der Waals surface area (Å²) in [5.74, 6) is 1.18. The standard InChI is InChI=1S/C16H23N5O2/c1-10-17-15(23-19-10)14-11-9-21(13(22)8-16(2,3)4)7-6-12(11)20(5)18-14/h6-9H2,1-5H3. The number of aromatic nitrogens is 4. The first-order valence-electron chi connectivity index (χ1n) is 7.88. The Labute approximate surface area is 135 Å². The van der Waals surface area contributed by atoms with Gasteiger partial charge in [0.05, 0.1) is 0 Å². The maximum absolute atomic E-state index is 12.5. The Morgan fingerprint density at radius 2 is 2.09 bits per heavy atom. The van der Waals surface area contributed by atoms with Crippen LogP contribution in [0.1, 0.15) is 44.3 Å². The van der Waals surface area contributed by atoms with Gasteiger partial charge >= 0.3 is 0 Å². The summed E-state index contributed by atoms with van der Waals surface area (Å²) in [6.45, 7) is 9.30. The van der Waals surface area contributed by atoms with Crippen molar-refractivity contribution in [1.82, 2.24) is 24.8 Å². The molecule has 0 atom stereocenters. The number of hydrogen-bond donors (Lipinski definition) is 0. The summed E-state index contributed by atoms with van der Waals surface area (Å²) in [6, 6.07) is 0. The highest BCUT2D eigenvalue weighted by molar-refractivity contribution is 5.77. The second-order valence-corrected chi connectivity index (χ2v) is 7.35. The van der Waals surface area contributed by atoms with E-state index in [0.717, 1.165) is 24.2 Å². The summed E-state index contributed by atoms with van der Waals surface area (Å²) in [6.07, 6.45) is 1.33. The molecule has 7 nitrogen and oxygen atoms in total. The van der Waals surface area contributed by atoms with Gasteiger partial charge in [-0.1, -0.05) is 25.9 Å². The third-order valence-electron chi connectivity index (χ3n) is 4.01. The van der Waals surface area contributed by atoms with Gasteiger partial charge in [0.15, 0.2) is 11.5 Å². The summed E-state index contributed by atoms with van der Waals surface area (Å²) in [7, 11) is 1.91. The largest absolute Gasteiger partial charge is 0.338 e. The highest BCUT2D eigenvalue weighted by Gasteiger charge is 2.30. The number of carbonyl (C=O) groups excluding carboxylic acids is 1. The van der Waals surface area contributed by atoms with Crippen LogP contribution in [0, 0.1) is 12.3 Å². The SMILES string of the molecule is Cc1noc(-c2nn(C)c3c2CN(C(=O)CC(C)(C)C)CC3)n1. The van der Waals surface area contributed by atoms with Gasteiger partial charge in [-0.3, -0.25) is 9.48 Å². The van der Waals surface area contributed by atoms with Crippen LogP contribution < -0.4 is 0 Å². The molecule has 0 saturated carbocycles. The fourth-order valence-corrected chi connectivity index (χ4v) is 2.94. The third-order valence-corrected chi connectivity index (χ3v) is 4.01. The maximum Gasteiger partial charge on any atom is 0.278 e. The quantitative estimate of drug-likeness (QED) is 0.847. The van der Waals surface area contributed by atoms with Gasteiger partial charge < -0.3 is 9.42 Å². The van der Waals surface area contributed by atoms with Crippen molar-refractivity contribution in [3.8, 4) is 11.6 Å². The fourth-order valence-electron chi connectivity index (χ4n) is 2.94. The van der Waals surface area contributed by atoms with E-state index >= 15 is 0 Å². The molecule has 3 rings (SSSR count). The number of hydrogen-bond acceptors (Lipinski definition) is 5. The predicted octanol–water partition coefficient (Wildman–Crippen LogP) is 2.10. The monoisotopic (exact) mass is 317 g/mol. The smallest absolute Gasteiger partial charge is 0.278 e. The first-order chi connectivity index (χ1) is 10.7. The Bertz CT molecular complexity index is 738. The Morgan fingerprint density at radius 3 is 2.70 bits per heavy atom. The normalized spacial score (nSPS) is 14.9. The summed E-state index contributed by atoms with van der Waals surface area (Å²) in [5.41, 5.74) is 2.83. The minimum absolute atomic E-state index is 0.0152. The van der Waals surface area contributed by atoms with E-state index in [1.165, 1.54) is 0 Å². The molecule has 3 heterocycles. The van der Waals surface area contributed by atoms with Crippen molar-refractivity contribution in [1.29, 1.82) is 0 Å². The zero-order chi connectivity index (χ0) is 16.8. The number of rotatable bonds is 2. The molecule has 7 heteroatoms. The van der Waals surface area contributed by atoms with E-state index in [1.807, 2.05) is 16.6 Å². The zero-order valence-corrected chi connectivity index (χ0v) is 14.4. The van der Waals surface area contributed by atoms with Gasteiger partial charge in [-0.15, -0.1) is 0 Å². The first kappa shape index (κ1) is 15.7. The molecule has 0 spiro atoms. The molecule has 2 aromatic heterocycles. The van der Waals surface area contributed by atoms with Crippen LogP contribution >= 0.6 is 0 Å². The average molecular weight is 317 g/mol. The first-order valence-corrected chi connectivity index (χ1v) is 7.88. The summed E-state index contributed by atoms with van der Waals surface area (Å²) < 4.78 is 7.12. The van der Waals surface area contributed by atoms with Crippen molar-refractivity contribution < 1.29 is 9.32 Å². The van der Waals surface area contributed by atoms with Crippen molar-refractivity contribution in [2.75, 3.05) is 6.54 Å². The lowest BCUT2D eigenvalue weighted by Gasteiger charge is -2.30. The van der Waals surface area contributed by atoms with E-state index in [0.29, 0.717) is 30.4 Å². The molecule has 23 heavy (non-hydrogen) atoms. The highest BCUT2D eigenvalue weighted by Crippen LogP contribution is 2.30. The van der Waals surface area contributed by atoms with Crippen LogP contribution in [0.15, 0.2) is 4.52 Å². The molecule has 0 fully saturated rings. The van der Waals surface area contributed by atoms with Crippen LogP contribution in [0.4, 0.5) is 0 Å².